The quantitative estimate of drug-likeness (QED) is 0.752. The minimum Gasteiger partial charge on any atom is -0.316 e. The smallest absolute Gasteiger partial charge is 0.00440 e. The van der Waals surface area contributed by atoms with Crippen molar-refractivity contribution in [3.8, 4) is 0 Å². The van der Waals surface area contributed by atoms with Crippen LogP contribution in [0.4, 0.5) is 0 Å². The Morgan fingerprint density at radius 3 is 2.33 bits per heavy atom. The molecule has 0 aromatic heterocycles. The average molecular weight is 212 g/mol. The molecule has 1 rings (SSSR count). The van der Waals surface area contributed by atoms with Crippen LogP contribution in [0, 0.1) is 11.3 Å². The van der Waals surface area contributed by atoms with Crippen LogP contribution in [0.25, 0.3) is 0 Å². The Balaban J connectivity index is 2.51. The molecule has 0 unspecified atom stereocenters. The van der Waals surface area contributed by atoms with Crippen molar-refractivity contribution in [2.45, 2.75) is 39.5 Å². The summed E-state index contributed by atoms with van der Waals surface area (Å²) in [5.41, 5.74) is 0.548. The zero-order valence-electron chi connectivity index (χ0n) is 11.0. The van der Waals surface area contributed by atoms with Gasteiger partial charge in [-0.05, 0) is 44.8 Å². The number of rotatable bonds is 5. The summed E-state index contributed by atoms with van der Waals surface area (Å²) in [6.07, 6.45) is 5.64. The van der Waals surface area contributed by atoms with Crippen molar-refractivity contribution in [2.75, 3.05) is 33.7 Å². The molecule has 0 aliphatic heterocycles. The van der Waals surface area contributed by atoms with E-state index < -0.39 is 0 Å². The summed E-state index contributed by atoms with van der Waals surface area (Å²) in [6.45, 7) is 8.15. The molecule has 2 nitrogen and oxygen atoms in total. The number of hydrogen-bond donors (Lipinski definition) is 1. The minimum atomic E-state index is 0.548. The first-order chi connectivity index (χ1) is 7.08. The Bertz CT molecular complexity index is 164. The van der Waals surface area contributed by atoms with E-state index in [9.17, 15) is 0 Å². The fourth-order valence-corrected chi connectivity index (χ4v) is 2.83. The van der Waals surface area contributed by atoms with Crippen molar-refractivity contribution in [1.29, 1.82) is 0 Å². The number of hydrogen-bond acceptors (Lipinski definition) is 2. The van der Waals surface area contributed by atoms with E-state index in [1.54, 1.807) is 0 Å². The van der Waals surface area contributed by atoms with E-state index in [2.05, 4.69) is 38.2 Å². The van der Waals surface area contributed by atoms with E-state index >= 15 is 0 Å². The summed E-state index contributed by atoms with van der Waals surface area (Å²) in [7, 11) is 4.40. The van der Waals surface area contributed by atoms with Crippen molar-refractivity contribution >= 4 is 0 Å². The monoisotopic (exact) mass is 212 g/mol. The molecule has 0 spiro atoms. The standard InChI is InChI=1S/C13H28N2/c1-5-14-10-13(11-15(3)4)8-6-12(2)7-9-13/h12,14H,5-11H2,1-4H3. The largest absolute Gasteiger partial charge is 0.316 e. The molecule has 90 valence electrons. The molecule has 1 N–H and O–H groups in total. The predicted molar refractivity (Wildman–Crippen MR) is 67.2 cm³/mol. The van der Waals surface area contributed by atoms with E-state index in [4.69, 9.17) is 0 Å². The summed E-state index contributed by atoms with van der Waals surface area (Å²) in [4.78, 5) is 2.35. The molecule has 1 aliphatic rings. The van der Waals surface area contributed by atoms with Crippen LogP contribution in [0.1, 0.15) is 39.5 Å². The van der Waals surface area contributed by atoms with Crippen LogP contribution in [0.2, 0.25) is 0 Å². The van der Waals surface area contributed by atoms with Gasteiger partial charge in [0.1, 0.15) is 0 Å². The van der Waals surface area contributed by atoms with Crippen molar-refractivity contribution < 1.29 is 0 Å². The van der Waals surface area contributed by atoms with Gasteiger partial charge in [-0.1, -0.05) is 26.7 Å². The van der Waals surface area contributed by atoms with Gasteiger partial charge in [0.2, 0.25) is 0 Å². The van der Waals surface area contributed by atoms with Crippen LogP contribution >= 0.6 is 0 Å². The molecule has 0 aromatic rings. The highest BCUT2D eigenvalue weighted by atomic mass is 15.1. The summed E-state index contributed by atoms with van der Waals surface area (Å²) < 4.78 is 0. The summed E-state index contributed by atoms with van der Waals surface area (Å²) in [6, 6.07) is 0. The summed E-state index contributed by atoms with van der Waals surface area (Å²) in [5.74, 6) is 0.946. The zero-order chi connectivity index (χ0) is 11.3. The maximum atomic E-state index is 3.55. The van der Waals surface area contributed by atoms with Crippen molar-refractivity contribution in [1.82, 2.24) is 10.2 Å². The molecule has 1 saturated carbocycles. The highest BCUT2D eigenvalue weighted by molar-refractivity contribution is 4.88. The van der Waals surface area contributed by atoms with Crippen molar-refractivity contribution in [2.24, 2.45) is 11.3 Å². The number of nitrogens with zero attached hydrogens (tertiary/aromatic N) is 1. The Hall–Kier alpha value is -0.0800. The van der Waals surface area contributed by atoms with E-state index in [-0.39, 0.29) is 0 Å². The second-order valence-corrected chi connectivity index (χ2v) is 5.70. The lowest BCUT2D eigenvalue weighted by Gasteiger charge is -2.41. The van der Waals surface area contributed by atoms with Crippen LogP contribution in [0.3, 0.4) is 0 Å². The fourth-order valence-electron chi connectivity index (χ4n) is 2.83. The first-order valence-electron chi connectivity index (χ1n) is 6.43. The molecule has 15 heavy (non-hydrogen) atoms. The lowest BCUT2D eigenvalue weighted by molar-refractivity contribution is 0.110. The van der Waals surface area contributed by atoms with Crippen molar-refractivity contribution in [3.63, 3.8) is 0 Å². The predicted octanol–water partition coefficient (Wildman–Crippen LogP) is 2.35. The molecule has 1 fully saturated rings. The van der Waals surface area contributed by atoms with Gasteiger partial charge in [-0.3, -0.25) is 0 Å². The van der Waals surface area contributed by atoms with Crippen LogP contribution in [-0.4, -0.2) is 38.6 Å². The van der Waals surface area contributed by atoms with E-state index in [0.717, 1.165) is 12.5 Å². The van der Waals surface area contributed by atoms with Gasteiger partial charge < -0.3 is 10.2 Å². The molecular weight excluding hydrogens is 184 g/mol. The third-order valence-electron chi connectivity index (χ3n) is 3.74. The first kappa shape index (κ1) is 13.0. The van der Waals surface area contributed by atoms with Gasteiger partial charge >= 0.3 is 0 Å². The third kappa shape index (κ3) is 4.12. The molecular formula is C13H28N2. The van der Waals surface area contributed by atoms with Crippen molar-refractivity contribution in [3.05, 3.63) is 0 Å². The second kappa shape index (κ2) is 5.86. The Morgan fingerprint density at radius 2 is 1.87 bits per heavy atom. The SMILES string of the molecule is CCNCC1(CN(C)C)CCC(C)CC1. The number of nitrogens with one attached hydrogen (secondary N) is 1. The van der Waals surface area contributed by atoms with E-state index in [1.165, 1.54) is 38.8 Å². The fraction of sp³-hybridized carbons (Fsp3) is 1.00. The second-order valence-electron chi connectivity index (χ2n) is 5.70. The third-order valence-corrected chi connectivity index (χ3v) is 3.74. The summed E-state index contributed by atoms with van der Waals surface area (Å²) in [5, 5.41) is 3.55. The molecule has 0 radical (unpaired) electrons. The van der Waals surface area contributed by atoms with Gasteiger partial charge in [-0.15, -0.1) is 0 Å². The highest BCUT2D eigenvalue weighted by Crippen LogP contribution is 2.38. The van der Waals surface area contributed by atoms with Gasteiger partial charge in [-0.2, -0.15) is 0 Å². The topological polar surface area (TPSA) is 15.3 Å². The van der Waals surface area contributed by atoms with Gasteiger partial charge in [0, 0.05) is 13.1 Å². The van der Waals surface area contributed by atoms with E-state index in [0.29, 0.717) is 5.41 Å². The molecule has 2 heteroatoms. The van der Waals surface area contributed by atoms with Crippen LogP contribution in [-0.2, 0) is 0 Å². The van der Waals surface area contributed by atoms with Gasteiger partial charge in [-0.25, -0.2) is 0 Å². The Kier molecular flexibility index (Phi) is 5.07. The molecule has 0 saturated heterocycles. The average Bonchev–Trinajstić information content (AvgIpc) is 2.19. The van der Waals surface area contributed by atoms with Crippen LogP contribution in [0.15, 0.2) is 0 Å². The van der Waals surface area contributed by atoms with Crippen LogP contribution < -0.4 is 5.32 Å². The van der Waals surface area contributed by atoms with Crippen LogP contribution in [0.5, 0.6) is 0 Å². The Labute approximate surface area is 95.4 Å². The summed E-state index contributed by atoms with van der Waals surface area (Å²) >= 11 is 0. The van der Waals surface area contributed by atoms with E-state index in [1.807, 2.05) is 0 Å². The zero-order valence-corrected chi connectivity index (χ0v) is 11.0. The molecule has 0 heterocycles. The minimum absolute atomic E-state index is 0.548. The molecule has 0 aromatic carbocycles. The maximum absolute atomic E-state index is 3.55. The van der Waals surface area contributed by atoms with Gasteiger partial charge in [0.05, 0.1) is 0 Å². The maximum Gasteiger partial charge on any atom is 0.00440 e. The first-order valence-corrected chi connectivity index (χ1v) is 6.43. The lowest BCUT2D eigenvalue weighted by Crippen LogP contribution is -2.44. The molecule has 0 bridgehead atoms. The lowest BCUT2D eigenvalue weighted by atomic mass is 9.70. The molecule has 0 amide bonds. The highest BCUT2D eigenvalue weighted by Gasteiger charge is 2.33. The van der Waals surface area contributed by atoms with Gasteiger partial charge in [0.25, 0.3) is 0 Å². The normalized spacial score (nSPS) is 32.2. The van der Waals surface area contributed by atoms with Gasteiger partial charge in [0.15, 0.2) is 0 Å². The Morgan fingerprint density at radius 1 is 1.27 bits per heavy atom. The molecule has 1 aliphatic carbocycles. The molecule has 0 atom stereocenters.